The number of carbonyl (C=O) groups excluding carboxylic acids is 1. The van der Waals surface area contributed by atoms with Gasteiger partial charge in [0.15, 0.2) is 0 Å². The highest BCUT2D eigenvalue weighted by molar-refractivity contribution is 5.81. The Labute approximate surface area is 157 Å². The lowest BCUT2D eigenvalue weighted by Gasteiger charge is -2.07. The molecule has 146 valence electrons. The second kappa shape index (κ2) is 7.71. The number of aromatic hydroxyl groups is 1. The van der Waals surface area contributed by atoms with Crippen molar-refractivity contribution in [2.24, 2.45) is 0 Å². The number of hydrogen-bond acceptors (Lipinski definition) is 5. The molecule has 0 saturated heterocycles. The number of esters is 1. The Morgan fingerprint density at radius 1 is 1.18 bits per heavy atom. The lowest BCUT2D eigenvalue weighted by atomic mass is 10.1. The Kier molecular flexibility index (Phi) is 5.34. The molecule has 3 rings (SSSR count). The van der Waals surface area contributed by atoms with Crippen LogP contribution in [0.15, 0.2) is 49.1 Å². The number of rotatable bonds is 6. The number of benzene rings is 2. The number of fused-ring (bicyclic) bond motifs is 1. The van der Waals surface area contributed by atoms with E-state index in [1.807, 2.05) is 0 Å². The summed E-state index contributed by atoms with van der Waals surface area (Å²) in [5, 5.41) is 18.3. The number of aryl methyl sites for hydroxylation is 1. The lowest BCUT2D eigenvalue weighted by molar-refractivity contribution is -0.138. The number of carbonyl (C=O) groups is 1. The highest BCUT2D eigenvalue weighted by Crippen LogP contribution is 2.31. The minimum atomic E-state index is -4.48. The second-order valence-electron chi connectivity index (χ2n) is 5.99. The smallest absolute Gasteiger partial charge is 0.416 e. The Bertz CT molecular complexity index is 1030. The minimum absolute atomic E-state index is 0.0657. The molecular weight excluding hydrogens is 375 g/mol. The van der Waals surface area contributed by atoms with Crippen molar-refractivity contribution >= 4 is 17.0 Å². The molecule has 0 saturated carbocycles. The molecule has 2 aromatic carbocycles. The van der Waals surface area contributed by atoms with Gasteiger partial charge in [0.1, 0.15) is 22.5 Å². The average Bonchev–Trinajstić information content (AvgIpc) is 3.08. The van der Waals surface area contributed by atoms with Gasteiger partial charge in [-0.1, -0.05) is 12.6 Å². The van der Waals surface area contributed by atoms with Gasteiger partial charge in [-0.2, -0.15) is 13.2 Å². The van der Waals surface area contributed by atoms with Crippen LogP contribution in [0.3, 0.4) is 0 Å². The maximum atomic E-state index is 12.9. The van der Waals surface area contributed by atoms with E-state index in [2.05, 4.69) is 16.8 Å². The molecule has 0 fully saturated rings. The molecule has 0 aliphatic heterocycles. The van der Waals surface area contributed by atoms with Gasteiger partial charge >= 0.3 is 12.1 Å². The summed E-state index contributed by atoms with van der Waals surface area (Å²) in [6, 6.07) is 7.86. The number of halogens is 3. The Hall–Kier alpha value is -3.36. The molecular formula is C19H16F3N3O3. The van der Waals surface area contributed by atoms with Gasteiger partial charge in [0.2, 0.25) is 0 Å². The van der Waals surface area contributed by atoms with Crippen molar-refractivity contribution in [1.82, 2.24) is 15.0 Å². The fourth-order valence-electron chi connectivity index (χ4n) is 2.59. The summed E-state index contributed by atoms with van der Waals surface area (Å²) in [5.41, 5.74) is 0.578. The van der Waals surface area contributed by atoms with Crippen molar-refractivity contribution in [3.8, 4) is 11.4 Å². The van der Waals surface area contributed by atoms with Crippen LogP contribution in [-0.4, -0.2) is 32.7 Å². The van der Waals surface area contributed by atoms with Gasteiger partial charge in [-0.3, -0.25) is 0 Å². The molecule has 9 heteroatoms. The first kappa shape index (κ1) is 19.4. The number of phenolic OH excluding ortho intramolecular Hbond substituents is 1. The Morgan fingerprint density at radius 2 is 1.93 bits per heavy atom. The van der Waals surface area contributed by atoms with E-state index in [1.165, 1.54) is 12.1 Å². The predicted octanol–water partition coefficient (Wildman–Crippen LogP) is 3.81. The SMILES string of the molecule is C=CC(=O)OCCCc1ccc(O)c(-n2nc3ccc(C(F)(F)F)cc3n2)c1. The van der Waals surface area contributed by atoms with Crippen LogP contribution in [0.5, 0.6) is 5.75 Å². The summed E-state index contributed by atoms with van der Waals surface area (Å²) in [7, 11) is 0. The Morgan fingerprint density at radius 3 is 2.64 bits per heavy atom. The molecule has 1 aromatic heterocycles. The zero-order valence-electron chi connectivity index (χ0n) is 14.6. The van der Waals surface area contributed by atoms with Gasteiger partial charge in [0.05, 0.1) is 12.2 Å². The van der Waals surface area contributed by atoms with Gasteiger partial charge in [0, 0.05) is 6.08 Å². The van der Waals surface area contributed by atoms with E-state index in [4.69, 9.17) is 4.74 Å². The van der Waals surface area contributed by atoms with Crippen molar-refractivity contribution < 1.29 is 27.8 Å². The normalized spacial score (nSPS) is 11.5. The molecule has 6 nitrogen and oxygen atoms in total. The summed E-state index contributed by atoms with van der Waals surface area (Å²) < 4.78 is 43.5. The molecule has 0 spiro atoms. The first-order valence-electron chi connectivity index (χ1n) is 8.33. The number of hydrogen-bond donors (Lipinski definition) is 1. The quantitative estimate of drug-likeness (QED) is 0.393. The van der Waals surface area contributed by atoms with E-state index in [1.54, 1.807) is 12.1 Å². The van der Waals surface area contributed by atoms with Gasteiger partial charge in [0.25, 0.3) is 0 Å². The second-order valence-corrected chi connectivity index (χ2v) is 5.99. The van der Waals surface area contributed by atoms with Gasteiger partial charge < -0.3 is 9.84 Å². The monoisotopic (exact) mass is 391 g/mol. The first-order valence-corrected chi connectivity index (χ1v) is 8.33. The molecule has 0 atom stereocenters. The van der Waals surface area contributed by atoms with E-state index in [0.717, 1.165) is 28.6 Å². The van der Waals surface area contributed by atoms with Crippen LogP contribution in [0.1, 0.15) is 17.5 Å². The third-order valence-corrected chi connectivity index (χ3v) is 3.98. The standard InChI is InChI=1S/C19H16F3N3O3/c1-2-18(27)28-9-3-4-12-5-8-17(26)16(10-12)25-23-14-7-6-13(19(20,21)22)11-15(14)24-25/h2,5-8,10-11,26H,1,3-4,9H2. The van der Waals surface area contributed by atoms with Crippen molar-refractivity contribution in [3.05, 3.63) is 60.2 Å². The van der Waals surface area contributed by atoms with E-state index in [9.17, 15) is 23.1 Å². The Balaban J connectivity index is 1.82. The molecule has 0 bridgehead atoms. The lowest BCUT2D eigenvalue weighted by Crippen LogP contribution is -2.04. The fourth-order valence-corrected chi connectivity index (χ4v) is 2.59. The highest BCUT2D eigenvalue weighted by atomic mass is 19.4. The number of nitrogens with zero attached hydrogens (tertiary/aromatic N) is 3. The maximum absolute atomic E-state index is 12.9. The maximum Gasteiger partial charge on any atom is 0.416 e. The predicted molar refractivity (Wildman–Crippen MR) is 95.0 cm³/mol. The van der Waals surface area contributed by atoms with Gasteiger partial charge in [-0.15, -0.1) is 15.0 Å². The van der Waals surface area contributed by atoms with Crippen LogP contribution in [0, 0.1) is 0 Å². The third kappa shape index (κ3) is 4.30. The molecule has 1 heterocycles. The van der Waals surface area contributed by atoms with Crippen molar-refractivity contribution in [1.29, 1.82) is 0 Å². The van der Waals surface area contributed by atoms with E-state index < -0.39 is 17.7 Å². The fraction of sp³-hybridized carbons (Fsp3) is 0.211. The molecule has 0 aliphatic carbocycles. The minimum Gasteiger partial charge on any atom is -0.506 e. The molecule has 0 unspecified atom stereocenters. The van der Waals surface area contributed by atoms with Crippen LogP contribution in [0.2, 0.25) is 0 Å². The number of ether oxygens (including phenoxy) is 1. The molecule has 0 radical (unpaired) electrons. The molecule has 0 aliphatic rings. The number of alkyl halides is 3. The summed E-state index contributed by atoms with van der Waals surface area (Å²) in [4.78, 5) is 12.1. The average molecular weight is 391 g/mol. The third-order valence-electron chi connectivity index (χ3n) is 3.98. The molecule has 3 aromatic rings. The summed E-state index contributed by atoms with van der Waals surface area (Å²) in [6.07, 6.45) is -2.30. The van der Waals surface area contributed by atoms with Gasteiger partial charge in [-0.25, -0.2) is 4.79 Å². The summed E-state index contributed by atoms with van der Waals surface area (Å²) >= 11 is 0. The zero-order chi connectivity index (χ0) is 20.3. The van der Waals surface area contributed by atoms with Crippen molar-refractivity contribution in [3.63, 3.8) is 0 Å². The number of aromatic nitrogens is 3. The summed E-state index contributed by atoms with van der Waals surface area (Å²) in [6.45, 7) is 3.52. The first-order chi connectivity index (χ1) is 13.3. The van der Waals surface area contributed by atoms with Crippen LogP contribution in [-0.2, 0) is 22.1 Å². The summed E-state index contributed by atoms with van der Waals surface area (Å²) in [5.74, 6) is -0.616. The van der Waals surface area contributed by atoms with E-state index in [0.29, 0.717) is 12.8 Å². The number of phenols is 1. The van der Waals surface area contributed by atoms with E-state index in [-0.39, 0.29) is 29.1 Å². The molecule has 0 amide bonds. The largest absolute Gasteiger partial charge is 0.506 e. The van der Waals surface area contributed by atoms with Crippen LogP contribution in [0.4, 0.5) is 13.2 Å². The van der Waals surface area contributed by atoms with Crippen molar-refractivity contribution in [2.45, 2.75) is 19.0 Å². The van der Waals surface area contributed by atoms with Crippen LogP contribution < -0.4 is 0 Å². The molecule has 28 heavy (non-hydrogen) atoms. The molecule has 1 N–H and O–H groups in total. The topological polar surface area (TPSA) is 77.2 Å². The van der Waals surface area contributed by atoms with Crippen LogP contribution >= 0.6 is 0 Å². The van der Waals surface area contributed by atoms with Gasteiger partial charge in [-0.05, 0) is 48.7 Å². The van der Waals surface area contributed by atoms with Crippen molar-refractivity contribution in [2.75, 3.05) is 6.61 Å². The highest BCUT2D eigenvalue weighted by Gasteiger charge is 2.31. The van der Waals surface area contributed by atoms with Crippen LogP contribution in [0.25, 0.3) is 16.7 Å². The zero-order valence-corrected chi connectivity index (χ0v) is 14.6. The van der Waals surface area contributed by atoms with E-state index >= 15 is 0 Å².